The molecule has 0 radical (unpaired) electrons. The summed E-state index contributed by atoms with van der Waals surface area (Å²) >= 11 is 7.60. The third kappa shape index (κ3) is 15.0. The summed E-state index contributed by atoms with van der Waals surface area (Å²) in [5.41, 5.74) is -0.978. The molecule has 24 heteroatoms. The molecule has 81 heavy (non-hydrogen) atoms. The van der Waals surface area contributed by atoms with Crippen molar-refractivity contribution >= 4 is 83.8 Å². The molecule has 5 aromatic rings. The smallest absolute Gasteiger partial charge is 0.380 e. The molecule has 0 saturated carbocycles. The van der Waals surface area contributed by atoms with Gasteiger partial charge >= 0.3 is 11.5 Å². The fourth-order valence-corrected chi connectivity index (χ4v) is 13.7. The normalized spacial score (nSPS) is 18.4. The van der Waals surface area contributed by atoms with Gasteiger partial charge in [-0.2, -0.15) is 13.2 Å². The number of hydrogen-bond acceptors (Lipinski definition) is 14. The van der Waals surface area contributed by atoms with Gasteiger partial charge in [0, 0.05) is 123 Å². The number of imide groups is 1. The highest BCUT2D eigenvalue weighted by Gasteiger charge is 2.48. The fourth-order valence-electron chi connectivity index (χ4n) is 10.6. The molecule has 0 unspecified atom stereocenters. The Bertz CT molecular complexity index is 3360. The molecule has 0 bridgehead atoms. The summed E-state index contributed by atoms with van der Waals surface area (Å²) in [6, 6.07) is 26.1. The van der Waals surface area contributed by atoms with Crippen molar-refractivity contribution in [2.24, 2.45) is 5.41 Å². The first-order valence-corrected chi connectivity index (χ1v) is 31.0. The standard InChI is InChI=1S/C57H64ClF4N9O7S3/c1-56(2)21-18-48(39-8-12-43(58)13-9-39)42(34-56)37-69-28-30-70(31-29-69)45-14-10-40(11-15-45)54(73)66-81(77,78)47-16-17-50(51(33-47)80(75,76)57(60,61)62)64-44(38-79-46-6-4-3-5-7-46)19-22-67-24-26-68(27-25-67)36-41-32-52(63-35-49(41)59)71-23-20-53(72)65-55(71)74/h3-17,32-33,35,44,64H,18-31,34,36-38H2,1-2H3,(H,66,73)(H,65,72,74)/t44-/m1/s1. The van der Waals surface area contributed by atoms with E-state index in [1.165, 1.54) is 51.6 Å². The fraction of sp³-hybridized carbons (Fsp3) is 0.404. The highest BCUT2D eigenvalue weighted by molar-refractivity contribution is 7.99. The van der Waals surface area contributed by atoms with Crippen LogP contribution < -0.4 is 25.2 Å². The first-order chi connectivity index (χ1) is 38.5. The molecule has 4 heterocycles. The minimum absolute atomic E-state index is 0.0363. The van der Waals surface area contributed by atoms with E-state index in [-0.39, 0.29) is 42.1 Å². The Morgan fingerprint density at radius 3 is 2.16 bits per heavy atom. The lowest BCUT2D eigenvalue weighted by Gasteiger charge is -2.39. The zero-order valence-electron chi connectivity index (χ0n) is 44.9. The lowest BCUT2D eigenvalue weighted by Crippen LogP contribution is -2.50. The van der Waals surface area contributed by atoms with Crippen molar-refractivity contribution in [1.82, 2.24) is 29.7 Å². The number of carbonyl (C=O) groups is 3. The number of benzene rings is 4. The second-order valence-corrected chi connectivity index (χ2v) is 26.7. The van der Waals surface area contributed by atoms with Crippen LogP contribution in [0.4, 0.5) is 39.5 Å². The van der Waals surface area contributed by atoms with Gasteiger partial charge in [0.05, 0.1) is 16.8 Å². The van der Waals surface area contributed by atoms with E-state index in [1.54, 1.807) is 12.1 Å². The molecule has 3 N–H and O–H groups in total. The highest BCUT2D eigenvalue weighted by Crippen LogP contribution is 2.43. The number of aromatic nitrogens is 1. The maximum atomic E-state index is 15.0. The summed E-state index contributed by atoms with van der Waals surface area (Å²) in [6.45, 7) is 11.3. The monoisotopic (exact) mass is 1190 g/mol. The van der Waals surface area contributed by atoms with Gasteiger partial charge < -0.3 is 15.1 Å². The van der Waals surface area contributed by atoms with Crippen LogP contribution in [0.25, 0.3) is 5.57 Å². The molecule has 1 atom stereocenters. The molecule has 3 saturated heterocycles. The number of anilines is 3. The topological polar surface area (TPSA) is 185 Å². The number of halogens is 5. The number of piperazine rings is 2. The Balaban J connectivity index is 0.837. The summed E-state index contributed by atoms with van der Waals surface area (Å²) in [7, 11) is -11.1. The molecular formula is C57H64ClF4N9O7S3. The number of pyridine rings is 1. The van der Waals surface area contributed by atoms with Gasteiger partial charge in [-0.1, -0.05) is 61.4 Å². The number of rotatable bonds is 19. The van der Waals surface area contributed by atoms with Crippen LogP contribution in [0.3, 0.4) is 0 Å². The van der Waals surface area contributed by atoms with Crippen molar-refractivity contribution in [3.8, 4) is 0 Å². The number of nitrogens with zero attached hydrogens (tertiary/aromatic N) is 6. The van der Waals surface area contributed by atoms with E-state index in [0.717, 1.165) is 67.8 Å². The van der Waals surface area contributed by atoms with Gasteiger partial charge in [0.2, 0.25) is 5.91 Å². The number of amides is 4. The molecule has 4 amide bonds. The maximum Gasteiger partial charge on any atom is 0.501 e. The number of hydrogen-bond donors (Lipinski definition) is 3. The second-order valence-electron chi connectivity index (χ2n) is 21.5. The van der Waals surface area contributed by atoms with E-state index >= 15 is 4.39 Å². The summed E-state index contributed by atoms with van der Waals surface area (Å²) in [5.74, 6) is -1.53. The summed E-state index contributed by atoms with van der Waals surface area (Å²) < 4.78 is 114. The van der Waals surface area contributed by atoms with E-state index in [1.807, 2.05) is 52.1 Å². The van der Waals surface area contributed by atoms with Crippen LogP contribution in [-0.4, -0.2) is 144 Å². The van der Waals surface area contributed by atoms with Crippen molar-refractivity contribution in [2.75, 3.05) is 92.9 Å². The van der Waals surface area contributed by atoms with Gasteiger partial charge in [0.15, 0.2) is 0 Å². The van der Waals surface area contributed by atoms with Gasteiger partial charge in [0.25, 0.3) is 25.8 Å². The van der Waals surface area contributed by atoms with Crippen LogP contribution >= 0.6 is 23.4 Å². The number of nitrogens with one attached hydrogen (secondary N) is 3. The van der Waals surface area contributed by atoms with E-state index in [4.69, 9.17) is 11.6 Å². The SMILES string of the molecule is CC1(C)CCC(c2ccc(Cl)cc2)=C(CN2CCN(c3ccc(C(=O)NS(=O)(=O)c4ccc(N[C@H](CCN5CCN(Cc6cc(N7CCC(=O)NC7=O)ncc6F)CC5)CSc5ccccc5)c(S(=O)(=O)C(F)(F)F)c4)cc3)CC2)C1. The number of carbonyl (C=O) groups excluding carboxylic acids is 3. The first kappa shape index (κ1) is 59.5. The average Bonchev–Trinajstić information content (AvgIpc) is 3.54. The number of thioether (sulfide) groups is 1. The molecule has 432 valence electrons. The average molecular weight is 1190 g/mol. The van der Waals surface area contributed by atoms with Crippen molar-refractivity contribution in [2.45, 2.75) is 78.7 Å². The molecule has 3 aliphatic heterocycles. The van der Waals surface area contributed by atoms with Crippen molar-refractivity contribution in [3.05, 3.63) is 142 Å². The molecular weight excluding hydrogens is 1130 g/mol. The van der Waals surface area contributed by atoms with Crippen LogP contribution in [0.2, 0.25) is 5.02 Å². The zero-order chi connectivity index (χ0) is 57.7. The quantitative estimate of drug-likeness (QED) is 0.0525. The van der Waals surface area contributed by atoms with E-state index in [9.17, 15) is 44.4 Å². The number of urea groups is 1. The highest BCUT2D eigenvalue weighted by atomic mass is 35.5. The molecule has 4 aliphatic rings. The Labute approximate surface area is 479 Å². The molecule has 9 rings (SSSR count). The lowest BCUT2D eigenvalue weighted by atomic mass is 9.73. The number of sulfonamides is 1. The predicted molar refractivity (Wildman–Crippen MR) is 306 cm³/mol. The number of alkyl halides is 3. The second kappa shape index (κ2) is 25.2. The Hall–Kier alpha value is -6.08. The van der Waals surface area contributed by atoms with Crippen molar-refractivity contribution in [3.63, 3.8) is 0 Å². The van der Waals surface area contributed by atoms with Crippen LogP contribution in [-0.2, 0) is 31.2 Å². The minimum atomic E-state index is -6.16. The molecule has 1 aliphatic carbocycles. The number of allylic oxidation sites excluding steroid dienone is 1. The molecule has 1 aromatic heterocycles. The van der Waals surface area contributed by atoms with Gasteiger partial charge in [-0.15, -0.1) is 11.8 Å². The molecule has 4 aromatic carbocycles. The van der Waals surface area contributed by atoms with Crippen LogP contribution in [0.15, 0.2) is 130 Å². The first-order valence-electron chi connectivity index (χ1n) is 26.7. The lowest BCUT2D eigenvalue weighted by molar-refractivity contribution is -0.120. The zero-order valence-corrected chi connectivity index (χ0v) is 48.1. The third-order valence-electron chi connectivity index (χ3n) is 15.2. The van der Waals surface area contributed by atoms with Crippen LogP contribution in [0.1, 0.15) is 67.4 Å². The van der Waals surface area contributed by atoms with Gasteiger partial charge in [-0.05, 0) is 115 Å². The van der Waals surface area contributed by atoms with Crippen molar-refractivity contribution < 1.29 is 48.8 Å². The predicted octanol–water partition coefficient (Wildman–Crippen LogP) is 9.30. The van der Waals surface area contributed by atoms with Crippen LogP contribution in [0, 0.1) is 11.2 Å². The van der Waals surface area contributed by atoms with Gasteiger partial charge in [0.1, 0.15) is 16.5 Å². The minimum Gasteiger partial charge on any atom is -0.380 e. The molecule has 0 spiro atoms. The summed E-state index contributed by atoms with van der Waals surface area (Å²) in [6.07, 6.45) is 4.54. The summed E-state index contributed by atoms with van der Waals surface area (Å²) in [4.78, 5) is 50.4. The third-order valence-corrected chi connectivity index (χ3v) is 19.5. The van der Waals surface area contributed by atoms with E-state index in [0.29, 0.717) is 68.9 Å². The Kier molecular flexibility index (Phi) is 18.5. The molecule has 16 nitrogen and oxygen atoms in total. The van der Waals surface area contributed by atoms with Gasteiger partial charge in [-0.3, -0.25) is 29.6 Å². The van der Waals surface area contributed by atoms with Gasteiger partial charge in [-0.25, -0.2) is 35.7 Å². The Morgan fingerprint density at radius 1 is 0.815 bits per heavy atom. The van der Waals surface area contributed by atoms with E-state index < -0.39 is 70.6 Å². The number of sulfone groups is 1. The van der Waals surface area contributed by atoms with Crippen LogP contribution in [0.5, 0.6) is 0 Å². The van der Waals surface area contributed by atoms with E-state index in [2.05, 4.69) is 56.3 Å². The maximum absolute atomic E-state index is 15.0. The Morgan fingerprint density at radius 2 is 1.48 bits per heavy atom. The summed E-state index contributed by atoms with van der Waals surface area (Å²) in [5, 5.41) is 5.93. The van der Waals surface area contributed by atoms with Crippen molar-refractivity contribution in [1.29, 1.82) is 0 Å². The largest absolute Gasteiger partial charge is 0.501 e. The molecule has 3 fully saturated rings.